The first-order valence-electron chi connectivity index (χ1n) is 9.50. The Hall–Kier alpha value is -2.14. The Balaban J connectivity index is 2.67. The summed E-state index contributed by atoms with van der Waals surface area (Å²) in [5, 5.41) is 6.73. The van der Waals surface area contributed by atoms with Crippen molar-refractivity contribution in [3.05, 3.63) is 55.4 Å². The van der Waals surface area contributed by atoms with Crippen LogP contribution in [0.2, 0.25) is 0 Å². The topological polar surface area (TPSA) is 52.5 Å². The third kappa shape index (κ3) is 8.30. The molecule has 0 amide bonds. The van der Waals surface area contributed by atoms with E-state index < -0.39 is 0 Å². The lowest BCUT2D eigenvalue weighted by Gasteiger charge is -2.32. The van der Waals surface area contributed by atoms with E-state index in [0.29, 0.717) is 12.0 Å². The average Bonchev–Trinajstić information content (AvgIpc) is 2.62. The molecule has 1 aromatic rings. The number of hydrogen-bond acceptors (Lipinski definition) is 3. The standard InChI is InChI=1S/C21H35N5/c1-6-15-26(16-7-2)20(18(4)5)17-25-21(22-8-3)24-14-12-19-11-9-10-13-23-19/h6-7,9-11,13,18,20H,1-2,8,12,14-17H2,3-5H3,(H2,22,24,25). The summed E-state index contributed by atoms with van der Waals surface area (Å²) in [6.07, 6.45) is 6.59. The molecule has 0 fully saturated rings. The molecule has 1 heterocycles. The first-order chi connectivity index (χ1) is 12.6. The molecule has 0 aliphatic heterocycles. The molecule has 0 aromatic carbocycles. The molecule has 2 N–H and O–H groups in total. The van der Waals surface area contributed by atoms with Gasteiger partial charge in [-0.2, -0.15) is 0 Å². The Morgan fingerprint density at radius 2 is 1.96 bits per heavy atom. The maximum Gasteiger partial charge on any atom is 0.191 e. The number of nitrogens with zero attached hydrogens (tertiary/aromatic N) is 3. The number of rotatable bonds is 12. The normalized spacial score (nSPS) is 12.9. The summed E-state index contributed by atoms with van der Waals surface area (Å²) in [5.41, 5.74) is 1.08. The molecule has 1 rings (SSSR count). The van der Waals surface area contributed by atoms with Gasteiger partial charge in [0.15, 0.2) is 5.96 Å². The zero-order valence-corrected chi connectivity index (χ0v) is 16.6. The fourth-order valence-electron chi connectivity index (χ4n) is 2.81. The minimum absolute atomic E-state index is 0.345. The van der Waals surface area contributed by atoms with Crippen molar-refractivity contribution in [2.45, 2.75) is 33.2 Å². The molecule has 0 saturated carbocycles. The van der Waals surface area contributed by atoms with Crippen LogP contribution in [0.4, 0.5) is 0 Å². The van der Waals surface area contributed by atoms with Crippen LogP contribution in [0.1, 0.15) is 26.5 Å². The van der Waals surface area contributed by atoms with E-state index in [-0.39, 0.29) is 0 Å². The van der Waals surface area contributed by atoms with E-state index in [0.717, 1.165) is 50.8 Å². The highest BCUT2D eigenvalue weighted by Gasteiger charge is 2.20. The number of guanidine groups is 1. The maximum atomic E-state index is 4.82. The highest BCUT2D eigenvalue weighted by atomic mass is 15.2. The zero-order chi connectivity index (χ0) is 19.2. The Bertz CT molecular complexity index is 529. The van der Waals surface area contributed by atoms with Gasteiger partial charge in [0, 0.05) is 50.5 Å². The van der Waals surface area contributed by atoms with Crippen molar-refractivity contribution >= 4 is 5.96 Å². The second kappa shape index (κ2) is 13.1. The maximum absolute atomic E-state index is 4.82. The van der Waals surface area contributed by atoms with Crippen molar-refractivity contribution in [3.8, 4) is 0 Å². The van der Waals surface area contributed by atoms with Crippen molar-refractivity contribution in [1.29, 1.82) is 0 Å². The number of nitrogens with one attached hydrogen (secondary N) is 2. The van der Waals surface area contributed by atoms with Crippen molar-refractivity contribution < 1.29 is 0 Å². The summed E-state index contributed by atoms with van der Waals surface area (Å²) in [4.78, 5) is 11.5. The van der Waals surface area contributed by atoms with Gasteiger partial charge in [-0.1, -0.05) is 32.1 Å². The first kappa shape index (κ1) is 21.9. The van der Waals surface area contributed by atoms with E-state index in [1.165, 1.54) is 0 Å². The summed E-state index contributed by atoms with van der Waals surface area (Å²) in [6.45, 7) is 18.4. The number of aliphatic imine (C=N–C) groups is 1. The van der Waals surface area contributed by atoms with Gasteiger partial charge in [0.1, 0.15) is 0 Å². The minimum Gasteiger partial charge on any atom is -0.357 e. The molecule has 0 saturated heterocycles. The fourth-order valence-corrected chi connectivity index (χ4v) is 2.81. The Morgan fingerprint density at radius 1 is 1.23 bits per heavy atom. The largest absolute Gasteiger partial charge is 0.357 e. The highest BCUT2D eigenvalue weighted by Crippen LogP contribution is 2.11. The predicted molar refractivity (Wildman–Crippen MR) is 113 cm³/mol. The van der Waals surface area contributed by atoms with Crippen molar-refractivity contribution in [1.82, 2.24) is 20.5 Å². The van der Waals surface area contributed by atoms with E-state index >= 15 is 0 Å². The molecule has 0 aliphatic carbocycles. The summed E-state index contributed by atoms with van der Waals surface area (Å²) in [7, 11) is 0. The Morgan fingerprint density at radius 3 is 2.50 bits per heavy atom. The fraction of sp³-hybridized carbons (Fsp3) is 0.524. The number of hydrogen-bond donors (Lipinski definition) is 2. The van der Waals surface area contributed by atoms with Crippen molar-refractivity contribution in [2.24, 2.45) is 10.9 Å². The molecular formula is C21H35N5. The van der Waals surface area contributed by atoms with E-state index in [1.807, 2.05) is 36.5 Å². The molecule has 144 valence electrons. The van der Waals surface area contributed by atoms with E-state index in [4.69, 9.17) is 4.99 Å². The molecule has 1 atom stereocenters. The molecule has 5 nitrogen and oxygen atoms in total. The lowest BCUT2D eigenvalue weighted by molar-refractivity contribution is 0.195. The average molecular weight is 358 g/mol. The first-order valence-corrected chi connectivity index (χ1v) is 9.50. The van der Waals surface area contributed by atoms with Crippen molar-refractivity contribution in [2.75, 3.05) is 32.7 Å². The molecule has 0 spiro atoms. The van der Waals surface area contributed by atoms with Gasteiger partial charge >= 0.3 is 0 Å². The third-order valence-corrected chi connectivity index (χ3v) is 4.15. The summed E-state index contributed by atoms with van der Waals surface area (Å²) in [6, 6.07) is 6.34. The summed E-state index contributed by atoms with van der Waals surface area (Å²) >= 11 is 0. The van der Waals surface area contributed by atoms with E-state index in [2.05, 4.69) is 54.4 Å². The van der Waals surface area contributed by atoms with Crippen LogP contribution in [0.3, 0.4) is 0 Å². The lowest BCUT2D eigenvalue weighted by Crippen LogP contribution is -2.43. The van der Waals surface area contributed by atoms with Gasteiger partial charge in [-0.3, -0.25) is 14.9 Å². The SMILES string of the molecule is C=CCN(CC=C)C(CN=C(NCC)NCCc1ccccn1)C(C)C. The van der Waals surface area contributed by atoms with Gasteiger partial charge in [0.2, 0.25) is 0 Å². The second-order valence-corrected chi connectivity index (χ2v) is 6.56. The van der Waals surface area contributed by atoms with Crippen LogP contribution < -0.4 is 10.6 Å². The number of aromatic nitrogens is 1. The van der Waals surface area contributed by atoms with Gasteiger partial charge in [-0.25, -0.2) is 0 Å². The Labute approximate surface area is 159 Å². The molecule has 1 aromatic heterocycles. The quantitative estimate of drug-likeness (QED) is 0.343. The highest BCUT2D eigenvalue weighted by molar-refractivity contribution is 5.79. The van der Waals surface area contributed by atoms with Gasteiger partial charge < -0.3 is 10.6 Å². The smallest absolute Gasteiger partial charge is 0.191 e. The second-order valence-electron chi connectivity index (χ2n) is 6.56. The van der Waals surface area contributed by atoms with Gasteiger partial charge in [-0.15, -0.1) is 13.2 Å². The van der Waals surface area contributed by atoms with Crippen LogP contribution in [0.25, 0.3) is 0 Å². The van der Waals surface area contributed by atoms with Crippen molar-refractivity contribution in [3.63, 3.8) is 0 Å². The van der Waals surface area contributed by atoms with Crippen LogP contribution in [0.15, 0.2) is 54.7 Å². The monoisotopic (exact) mass is 357 g/mol. The molecule has 0 bridgehead atoms. The molecule has 0 radical (unpaired) electrons. The lowest BCUT2D eigenvalue weighted by atomic mass is 10.0. The molecule has 1 unspecified atom stereocenters. The Kier molecular flexibility index (Phi) is 11.0. The molecule has 26 heavy (non-hydrogen) atoms. The van der Waals surface area contributed by atoms with Gasteiger partial charge in [0.25, 0.3) is 0 Å². The summed E-state index contributed by atoms with van der Waals surface area (Å²) < 4.78 is 0. The third-order valence-electron chi connectivity index (χ3n) is 4.15. The zero-order valence-electron chi connectivity index (χ0n) is 16.6. The van der Waals surface area contributed by atoms with Gasteiger partial charge in [-0.05, 0) is 25.0 Å². The molecule has 0 aliphatic rings. The van der Waals surface area contributed by atoms with Crippen LogP contribution in [0.5, 0.6) is 0 Å². The molecule has 5 heteroatoms. The number of pyridine rings is 1. The van der Waals surface area contributed by atoms with Crippen LogP contribution in [-0.2, 0) is 6.42 Å². The van der Waals surface area contributed by atoms with Crippen LogP contribution in [-0.4, -0.2) is 54.6 Å². The van der Waals surface area contributed by atoms with E-state index in [1.54, 1.807) is 0 Å². The van der Waals surface area contributed by atoms with Crippen LogP contribution >= 0.6 is 0 Å². The minimum atomic E-state index is 0.345. The van der Waals surface area contributed by atoms with Crippen LogP contribution in [0, 0.1) is 5.92 Å². The molecular weight excluding hydrogens is 322 g/mol. The summed E-state index contributed by atoms with van der Waals surface area (Å²) in [5.74, 6) is 1.35. The predicted octanol–water partition coefficient (Wildman–Crippen LogP) is 2.88. The van der Waals surface area contributed by atoms with E-state index in [9.17, 15) is 0 Å². The van der Waals surface area contributed by atoms with Gasteiger partial charge in [0.05, 0.1) is 6.54 Å².